The van der Waals surface area contributed by atoms with Crippen LogP contribution in [0.3, 0.4) is 0 Å². The number of ether oxygens (including phenoxy) is 1. The Kier molecular flexibility index (Phi) is 5.48. The first-order chi connectivity index (χ1) is 13.3. The highest BCUT2D eigenvalue weighted by Gasteiger charge is 2.22. The van der Waals surface area contributed by atoms with Crippen molar-refractivity contribution >= 4 is 23.2 Å². The first kappa shape index (κ1) is 17.7. The standard InChI is InChI=1S/C20H25N5O2/c26-20(16-8-14-27-15-9-16)21-18-6-7-19(23-22-18)25-12-10-24(11-13-25)17-4-2-1-3-5-17/h1-7,16H,8-15H2,(H,21,22,26). The molecule has 142 valence electrons. The SMILES string of the molecule is O=C(Nc1ccc(N2CCN(c3ccccc3)CC2)nn1)C1CCOCC1. The zero-order chi connectivity index (χ0) is 18.5. The van der Waals surface area contributed by atoms with Gasteiger partial charge in [-0.3, -0.25) is 4.79 Å². The van der Waals surface area contributed by atoms with Gasteiger partial charge in [0.25, 0.3) is 0 Å². The van der Waals surface area contributed by atoms with Gasteiger partial charge in [0.1, 0.15) is 0 Å². The molecule has 0 aliphatic carbocycles. The summed E-state index contributed by atoms with van der Waals surface area (Å²) in [4.78, 5) is 16.9. The van der Waals surface area contributed by atoms with Gasteiger partial charge < -0.3 is 19.9 Å². The zero-order valence-corrected chi connectivity index (χ0v) is 15.4. The van der Waals surface area contributed by atoms with E-state index < -0.39 is 0 Å². The molecule has 0 saturated carbocycles. The van der Waals surface area contributed by atoms with Crippen molar-refractivity contribution in [2.75, 3.05) is 54.5 Å². The molecule has 2 saturated heterocycles. The van der Waals surface area contributed by atoms with E-state index >= 15 is 0 Å². The molecule has 1 aromatic heterocycles. The van der Waals surface area contributed by atoms with Crippen molar-refractivity contribution < 1.29 is 9.53 Å². The van der Waals surface area contributed by atoms with Crippen LogP contribution in [0.1, 0.15) is 12.8 Å². The lowest BCUT2D eigenvalue weighted by Gasteiger charge is -2.36. The van der Waals surface area contributed by atoms with Crippen LogP contribution in [-0.4, -0.2) is 55.5 Å². The summed E-state index contributed by atoms with van der Waals surface area (Å²) in [7, 11) is 0. The first-order valence-corrected chi connectivity index (χ1v) is 9.57. The third-order valence-corrected chi connectivity index (χ3v) is 5.22. The number of anilines is 3. The van der Waals surface area contributed by atoms with Crippen molar-refractivity contribution in [1.82, 2.24) is 10.2 Å². The van der Waals surface area contributed by atoms with Gasteiger partial charge >= 0.3 is 0 Å². The van der Waals surface area contributed by atoms with E-state index in [1.807, 2.05) is 18.2 Å². The molecule has 27 heavy (non-hydrogen) atoms. The van der Waals surface area contributed by atoms with Crippen LogP contribution in [0.15, 0.2) is 42.5 Å². The molecule has 7 heteroatoms. The molecule has 0 spiro atoms. The van der Waals surface area contributed by atoms with Crippen molar-refractivity contribution in [3.05, 3.63) is 42.5 Å². The number of rotatable bonds is 4. The molecular weight excluding hydrogens is 342 g/mol. The van der Waals surface area contributed by atoms with Crippen molar-refractivity contribution in [2.45, 2.75) is 12.8 Å². The van der Waals surface area contributed by atoms with Gasteiger partial charge in [0.15, 0.2) is 11.6 Å². The number of carbonyl (C=O) groups is 1. The number of benzene rings is 1. The number of para-hydroxylation sites is 1. The number of nitrogens with one attached hydrogen (secondary N) is 1. The Hall–Kier alpha value is -2.67. The van der Waals surface area contributed by atoms with E-state index in [-0.39, 0.29) is 11.8 Å². The normalized spacial score (nSPS) is 18.4. The molecule has 7 nitrogen and oxygen atoms in total. The van der Waals surface area contributed by atoms with Gasteiger partial charge in [-0.05, 0) is 37.1 Å². The fourth-order valence-corrected chi connectivity index (χ4v) is 3.58. The third kappa shape index (κ3) is 4.36. The van der Waals surface area contributed by atoms with E-state index in [0.717, 1.165) is 44.8 Å². The summed E-state index contributed by atoms with van der Waals surface area (Å²) < 4.78 is 5.30. The molecule has 0 unspecified atom stereocenters. The second-order valence-electron chi connectivity index (χ2n) is 6.96. The van der Waals surface area contributed by atoms with Gasteiger partial charge in [-0.1, -0.05) is 18.2 Å². The highest BCUT2D eigenvalue weighted by Crippen LogP contribution is 2.20. The van der Waals surface area contributed by atoms with Crippen molar-refractivity contribution in [3.63, 3.8) is 0 Å². The van der Waals surface area contributed by atoms with Crippen LogP contribution in [0, 0.1) is 5.92 Å². The van der Waals surface area contributed by atoms with Crippen LogP contribution in [0.2, 0.25) is 0 Å². The predicted molar refractivity (Wildman–Crippen MR) is 105 cm³/mol. The molecule has 0 radical (unpaired) electrons. The van der Waals surface area contributed by atoms with Crippen LogP contribution in [-0.2, 0) is 9.53 Å². The summed E-state index contributed by atoms with van der Waals surface area (Å²) in [5, 5.41) is 11.4. The maximum Gasteiger partial charge on any atom is 0.228 e. The number of piperazine rings is 1. The van der Waals surface area contributed by atoms with Crippen LogP contribution >= 0.6 is 0 Å². The smallest absolute Gasteiger partial charge is 0.228 e. The summed E-state index contributed by atoms with van der Waals surface area (Å²) in [5.74, 6) is 1.38. The lowest BCUT2D eigenvalue weighted by molar-refractivity contribution is -0.122. The Bertz CT molecular complexity index is 739. The average Bonchev–Trinajstić information content (AvgIpc) is 2.76. The number of carbonyl (C=O) groups excluding carboxylic acids is 1. The van der Waals surface area contributed by atoms with Gasteiger partial charge in [0.05, 0.1) is 0 Å². The number of hydrogen-bond donors (Lipinski definition) is 1. The Morgan fingerprint density at radius 3 is 2.30 bits per heavy atom. The largest absolute Gasteiger partial charge is 0.381 e. The summed E-state index contributed by atoms with van der Waals surface area (Å²) in [6.45, 7) is 5.01. The van der Waals surface area contributed by atoms with Crippen LogP contribution < -0.4 is 15.1 Å². The minimum absolute atomic E-state index is 0.00582. The molecule has 0 bridgehead atoms. The number of nitrogens with zero attached hydrogens (tertiary/aromatic N) is 4. The molecule has 2 aliphatic rings. The summed E-state index contributed by atoms with van der Waals surface area (Å²) in [6.07, 6.45) is 1.53. The molecule has 1 N–H and O–H groups in total. The van der Waals surface area contributed by atoms with E-state index in [9.17, 15) is 4.79 Å². The highest BCUT2D eigenvalue weighted by atomic mass is 16.5. The Balaban J connectivity index is 1.31. The minimum atomic E-state index is 0.00582. The van der Waals surface area contributed by atoms with Crippen LogP contribution in [0.25, 0.3) is 0 Å². The minimum Gasteiger partial charge on any atom is -0.381 e. The fraction of sp³-hybridized carbons (Fsp3) is 0.450. The number of hydrogen-bond acceptors (Lipinski definition) is 6. The fourth-order valence-electron chi connectivity index (χ4n) is 3.58. The first-order valence-electron chi connectivity index (χ1n) is 9.57. The molecule has 2 aromatic rings. The van der Waals surface area contributed by atoms with Crippen LogP contribution in [0.5, 0.6) is 0 Å². The molecule has 1 amide bonds. The molecule has 2 fully saturated rings. The Morgan fingerprint density at radius 1 is 0.926 bits per heavy atom. The second kappa shape index (κ2) is 8.35. The van der Waals surface area contributed by atoms with Crippen molar-refractivity contribution in [1.29, 1.82) is 0 Å². The topological polar surface area (TPSA) is 70.6 Å². The van der Waals surface area contributed by atoms with E-state index in [2.05, 4.69) is 49.6 Å². The molecule has 1 aromatic carbocycles. The van der Waals surface area contributed by atoms with Gasteiger partial charge in [0, 0.05) is 51.0 Å². The number of aromatic nitrogens is 2. The summed E-state index contributed by atoms with van der Waals surface area (Å²) in [6, 6.07) is 14.2. The van der Waals surface area contributed by atoms with Crippen LogP contribution in [0.4, 0.5) is 17.3 Å². The van der Waals surface area contributed by atoms with E-state index in [4.69, 9.17) is 4.74 Å². The lowest BCUT2D eigenvalue weighted by Crippen LogP contribution is -2.46. The Morgan fingerprint density at radius 2 is 1.63 bits per heavy atom. The number of amides is 1. The van der Waals surface area contributed by atoms with Crippen molar-refractivity contribution in [2.24, 2.45) is 5.92 Å². The van der Waals surface area contributed by atoms with Gasteiger partial charge in [-0.25, -0.2) is 0 Å². The van der Waals surface area contributed by atoms with Gasteiger partial charge in [-0.2, -0.15) is 0 Å². The lowest BCUT2D eigenvalue weighted by atomic mass is 9.99. The zero-order valence-electron chi connectivity index (χ0n) is 15.4. The van der Waals surface area contributed by atoms with E-state index in [0.29, 0.717) is 19.0 Å². The maximum absolute atomic E-state index is 12.3. The van der Waals surface area contributed by atoms with E-state index in [1.54, 1.807) is 0 Å². The quantitative estimate of drug-likeness (QED) is 0.893. The third-order valence-electron chi connectivity index (χ3n) is 5.22. The van der Waals surface area contributed by atoms with Crippen molar-refractivity contribution in [3.8, 4) is 0 Å². The maximum atomic E-state index is 12.3. The van der Waals surface area contributed by atoms with Gasteiger partial charge in [0.2, 0.25) is 5.91 Å². The molecule has 3 heterocycles. The highest BCUT2D eigenvalue weighted by molar-refractivity contribution is 5.91. The summed E-state index contributed by atoms with van der Waals surface area (Å²) >= 11 is 0. The monoisotopic (exact) mass is 367 g/mol. The molecule has 4 rings (SSSR count). The van der Waals surface area contributed by atoms with Gasteiger partial charge in [-0.15, -0.1) is 10.2 Å². The predicted octanol–water partition coefficient (Wildman–Crippen LogP) is 2.17. The second-order valence-corrected chi connectivity index (χ2v) is 6.96. The Labute approximate surface area is 159 Å². The summed E-state index contributed by atoms with van der Waals surface area (Å²) in [5.41, 5.74) is 1.26. The molecular formula is C20H25N5O2. The molecule has 2 aliphatic heterocycles. The average molecular weight is 367 g/mol. The van der Waals surface area contributed by atoms with E-state index in [1.165, 1.54) is 5.69 Å². The molecule has 0 atom stereocenters.